The predicted molar refractivity (Wildman–Crippen MR) is 93.1 cm³/mol. The molecular formula is C19H36N2. The van der Waals surface area contributed by atoms with E-state index in [0.717, 1.165) is 12.2 Å². The van der Waals surface area contributed by atoms with Crippen molar-refractivity contribution in [2.45, 2.75) is 98.3 Å². The van der Waals surface area contributed by atoms with E-state index in [0.29, 0.717) is 11.8 Å². The zero-order valence-electron chi connectivity index (χ0n) is 15.7. The van der Waals surface area contributed by atoms with Gasteiger partial charge in [0.05, 0.1) is 5.69 Å². The highest BCUT2D eigenvalue weighted by Crippen LogP contribution is 2.37. The Morgan fingerprint density at radius 3 is 2.00 bits per heavy atom. The fourth-order valence-electron chi connectivity index (χ4n) is 2.80. The van der Waals surface area contributed by atoms with E-state index >= 15 is 0 Å². The van der Waals surface area contributed by atoms with E-state index in [1.54, 1.807) is 0 Å². The summed E-state index contributed by atoms with van der Waals surface area (Å²) in [5.74, 6) is 2.30. The maximum absolute atomic E-state index is 5.09. The molecule has 2 nitrogen and oxygen atoms in total. The Bertz CT molecular complexity index is 452. The van der Waals surface area contributed by atoms with Gasteiger partial charge in [0.1, 0.15) is 5.82 Å². The highest BCUT2D eigenvalue weighted by Gasteiger charge is 2.32. The fourth-order valence-corrected chi connectivity index (χ4v) is 2.80. The topological polar surface area (TPSA) is 28.7 Å². The van der Waals surface area contributed by atoms with E-state index in [1.165, 1.54) is 24.2 Å². The minimum absolute atomic E-state index is 0.117. The van der Waals surface area contributed by atoms with Crippen LogP contribution in [-0.4, -0.2) is 9.97 Å². The lowest BCUT2D eigenvalue weighted by Gasteiger charge is -2.26. The van der Waals surface area contributed by atoms with Crippen LogP contribution in [0, 0.1) is 5.92 Å². The van der Waals surface area contributed by atoms with Crippen molar-refractivity contribution in [3.05, 3.63) is 17.2 Å². The molecule has 2 heteroatoms. The molecular weight excluding hydrogens is 256 g/mol. The van der Waals surface area contributed by atoms with Crippen LogP contribution in [0.1, 0.15) is 105 Å². The second kappa shape index (κ2) is 6.54. The Labute approximate surface area is 132 Å². The minimum atomic E-state index is 0.117. The third kappa shape index (κ3) is 3.90. The number of nitrogens with one attached hydrogen (secondary N) is 1. The molecule has 0 saturated heterocycles. The Balaban J connectivity index is 3.39. The summed E-state index contributed by atoms with van der Waals surface area (Å²) in [5, 5.41) is 0. The van der Waals surface area contributed by atoms with Crippen LogP contribution in [0.2, 0.25) is 0 Å². The highest BCUT2D eigenvalue weighted by molar-refractivity contribution is 5.28. The molecule has 0 fully saturated rings. The van der Waals surface area contributed by atoms with Gasteiger partial charge in [-0.2, -0.15) is 0 Å². The van der Waals surface area contributed by atoms with Gasteiger partial charge < -0.3 is 4.98 Å². The molecule has 0 saturated carbocycles. The largest absolute Gasteiger partial charge is 0.345 e. The van der Waals surface area contributed by atoms with Crippen LogP contribution >= 0.6 is 0 Å². The van der Waals surface area contributed by atoms with Gasteiger partial charge in [-0.25, -0.2) is 4.98 Å². The maximum Gasteiger partial charge on any atom is 0.112 e. The average Bonchev–Trinajstić information content (AvgIpc) is 2.84. The van der Waals surface area contributed by atoms with Crippen molar-refractivity contribution in [1.29, 1.82) is 0 Å². The second-order valence-electron chi connectivity index (χ2n) is 8.25. The number of H-pyrrole nitrogens is 1. The van der Waals surface area contributed by atoms with Crippen LogP contribution in [0.4, 0.5) is 0 Å². The fraction of sp³-hybridized carbons (Fsp3) is 0.842. The van der Waals surface area contributed by atoms with Gasteiger partial charge in [-0.3, -0.25) is 0 Å². The first-order valence-electron chi connectivity index (χ1n) is 8.67. The summed E-state index contributed by atoms with van der Waals surface area (Å²) < 4.78 is 0. The monoisotopic (exact) mass is 292 g/mol. The zero-order chi connectivity index (χ0) is 16.4. The van der Waals surface area contributed by atoms with Crippen molar-refractivity contribution in [3.8, 4) is 0 Å². The highest BCUT2D eigenvalue weighted by atomic mass is 15.0. The third-order valence-electron chi connectivity index (χ3n) is 5.23. The molecule has 0 amide bonds. The summed E-state index contributed by atoms with van der Waals surface area (Å²) >= 11 is 0. The number of aromatic amines is 1. The Kier molecular flexibility index (Phi) is 5.69. The maximum atomic E-state index is 5.09. The van der Waals surface area contributed by atoms with Crippen LogP contribution in [0.5, 0.6) is 0 Å². The van der Waals surface area contributed by atoms with E-state index < -0.39 is 0 Å². The smallest absolute Gasteiger partial charge is 0.112 e. The summed E-state index contributed by atoms with van der Waals surface area (Å²) in [5.41, 5.74) is 2.92. The van der Waals surface area contributed by atoms with Gasteiger partial charge in [0.2, 0.25) is 0 Å². The van der Waals surface area contributed by atoms with Gasteiger partial charge in [0.25, 0.3) is 0 Å². The lowest BCUT2D eigenvalue weighted by atomic mass is 9.80. The molecule has 1 heterocycles. The first-order chi connectivity index (χ1) is 9.56. The molecule has 0 aliphatic carbocycles. The van der Waals surface area contributed by atoms with Crippen molar-refractivity contribution in [2.75, 3.05) is 0 Å². The number of hydrogen-bond acceptors (Lipinski definition) is 1. The van der Waals surface area contributed by atoms with Crippen LogP contribution in [0.3, 0.4) is 0 Å². The van der Waals surface area contributed by atoms with Crippen molar-refractivity contribution < 1.29 is 0 Å². The molecule has 1 unspecified atom stereocenters. The molecule has 0 spiro atoms. The molecule has 0 bridgehead atoms. The molecule has 122 valence electrons. The molecule has 21 heavy (non-hydrogen) atoms. The van der Waals surface area contributed by atoms with Gasteiger partial charge in [0.15, 0.2) is 0 Å². The normalized spacial score (nSPS) is 14.8. The first kappa shape index (κ1) is 18.3. The first-order valence-corrected chi connectivity index (χ1v) is 8.67. The van der Waals surface area contributed by atoms with Gasteiger partial charge in [-0.1, -0.05) is 68.7 Å². The van der Waals surface area contributed by atoms with E-state index in [2.05, 4.69) is 67.3 Å². The number of imidazole rings is 1. The van der Waals surface area contributed by atoms with E-state index in [4.69, 9.17) is 4.98 Å². The molecule has 1 aromatic heterocycles. The average molecular weight is 293 g/mol. The number of aromatic nitrogens is 2. The molecule has 1 atom stereocenters. The predicted octanol–water partition coefficient (Wildman–Crippen LogP) is 5.93. The van der Waals surface area contributed by atoms with Crippen LogP contribution in [0.25, 0.3) is 0 Å². The van der Waals surface area contributed by atoms with Gasteiger partial charge in [-0.05, 0) is 18.8 Å². The summed E-state index contributed by atoms with van der Waals surface area (Å²) in [6, 6.07) is 0. The van der Waals surface area contributed by atoms with E-state index in [1.807, 2.05) is 0 Å². The summed E-state index contributed by atoms with van der Waals surface area (Å²) in [6.45, 7) is 20.7. The third-order valence-corrected chi connectivity index (χ3v) is 5.23. The number of nitrogens with zero attached hydrogens (tertiary/aromatic N) is 1. The Morgan fingerprint density at radius 2 is 1.57 bits per heavy atom. The molecule has 1 N–H and O–H groups in total. The molecule has 0 aliphatic rings. The quantitative estimate of drug-likeness (QED) is 0.662. The van der Waals surface area contributed by atoms with Gasteiger partial charge in [-0.15, -0.1) is 0 Å². The standard InChI is InChI=1S/C19H36N2/c1-10-12-19(8,9)16-15(14(5)13(3)4)20-17(21-16)18(6,7)11-2/h13-14H,10-12H2,1-9H3,(H,20,21). The van der Waals surface area contributed by atoms with Gasteiger partial charge in [0, 0.05) is 22.4 Å². The molecule has 1 aromatic rings. The van der Waals surface area contributed by atoms with E-state index in [9.17, 15) is 0 Å². The number of hydrogen-bond donors (Lipinski definition) is 1. The molecule has 1 rings (SSSR count). The van der Waals surface area contributed by atoms with Crippen molar-refractivity contribution in [3.63, 3.8) is 0 Å². The van der Waals surface area contributed by atoms with Crippen molar-refractivity contribution in [1.82, 2.24) is 9.97 Å². The molecule has 0 radical (unpaired) electrons. The van der Waals surface area contributed by atoms with E-state index in [-0.39, 0.29) is 10.8 Å². The van der Waals surface area contributed by atoms with Crippen LogP contribution in [0.15, 0.2) is 0 Å². The second-order valence-corrected chi connectivity index (χ2v) is 8.25. The Hall–Kier alpha value is -0.790. The minimum Gasteiger partial charge on any atom is -0.345 e. The summed E-state index contributed by atoms with van der Waals surface area (Å²) in [7, 11) is 0. The zero-order valence-corrected chi connectivity index (χ0v) is 15.7. The lowest BCUT2D eigenvalue weighted by molar-refractivity contribution is 0.438. The molecule has 0 aliphatic heterocycles. The number of rotatable bonds is 7. The lowest BCUT2D eigenvalue weighted by Crippen LogP contribution is -2.21. The van der Waals surface area contributed by atoms with Crippen LogP contribution < -0.4 is 0 Å². The molecule has 0 aromatic carbocycles. The van der Waals surface area contributed by atoms with Crippen molar-refractivity contribution in [2.24, 2.45) is 5.92 Å². The van der Waals surface area contributed by atoms with Crippen molar-refractivity contribution >= 4 is 0 Å². The van der Waals surface area contributed by atoms with Crippen LogP contribution in [-0.2, 0) is 10.8 Å². The van der Waals surface area contributed by atoms with Gasteiger partial charge >= 0.3 is 0 Å². The Morgan fingerprint density at radius 1 is 1.00 bits per heavy atom. The summed E-state index contributed by atoms with van der Waals surface area (Å²) in [4.78, 5) is 8.80. The summed E-state index contributed by atoms with van der Waals surface area (Å²) in [6.07, 6.45) is 3.48. The SMILES string of the molecule is CCCC(C)(C)c1nc(C(C)(C)CC)[nH]c1C(C)C(C)C.